The van der Waals surface area contributed by atoms with Crippen LogP contribution in [0.3, 0.4) is 0 Å². The molecule has 0 fully saturated rings. The first kappa shape index (κ1) is 23.9. The van der Waals surface area contributed by atoms with E-state index in [-0.39, 0.29) is 18.2 Å². The summed E-state index contributed by atoms with van der Waals surface area (Å²) in [5.74, 6) is 0.958. The van der Waals surface area contributed by atoms with Crippen LogP contribution in [0, 0.1) is 20.6 Å². The Bertz CT molecular complexity index is 1170. The van der Waals surface area contributed by atoms with Gasteiger partial charge in [0.05, 0.1) is 21.8 Å². The van der Waals surface area contributed by atoms with Crippen LogP contribution < -0.4 is 20.2 Å². The van der Waals surface area contributed by atoms with Gasteiger partial charge in [0.25, 0.3) is 11.6 Å². The first-order valence-electron chi connectivity index (χ1n) is 9.62. The van der Waals surface area contributed by atoms with E-state index in [9.17, 15) is 14.9 Å². The van der Waals surface area contributed by atoms with Gasteiger partial charge >= 0.3 is 0 Å². The zero-order valence-electron chi connectivity index (χ0n) is 17.7. The lowest BCUT2D eigenvalue weighted by molar-refractivity contribution is -0.385. The fourth-order valence-corrected chi connectivity index (χ4v) is 3.44. The third kappa shape index (κ3) is 6.87. The van der Waals surface area contributed by atoms with Gasteiger partial charge in [-0.15, -0.1) is 0 Å². The Morgan fingerprint density at radius 3 is 2.64 bits per heavy atom. The number of aromatic nitrogens is 1. The number of aryl methyl sites for hydroxylation is 1. The summed E-state index contributed by atoms with van der Waals surface area (Å²) in [5.41, 5.74) is 5.11. The van der Waals surface area contributed by atoms with Crippen LogP contribution in [0.25, 0.3) is 0 Å². The number of methoxy groups -OCH3 is 1. The number of rotatable bonds is 9. The zero-order chi connectivity index (χ0) is 23.8. The fourth-order valence-electron chi connectivity index (χ4n) is 2.66. The highest BCUT2D eigenvalue weighted by Gasteiger charge is 2.13. The van der Waals surface area contributed by atoms with E-state index in [2.05, 4.69) is 43.4 Å². The van der Waals surface area contributed by atoms with Crippen molar-refractivity contribution in [3.63, 3.8) is 0 Å². The number of hydrogen-bond acceptors (Lipinski definition) is 8. The molecule has 0 aliphatic rings. The van der Waals surface area contributed by atoms with Gasteiger partial charge in [-0.2, -0.15) is 5.10 Å². The predicted octanol–water partition coefficient (Wildman–Crippen LogP) is 4.37. The van der Waals surface area contributed by atoms with Crippen molar-refractivity contribution in [3.8, 4) is 11.5 Å². The Morgan fingerprint density at radius 2 is 2.00 bits per heavy atom. The van der Waals surface area contributed by atoms with Gasteiger partial charge in [0.2, 0.25) is 0 Å². The Kier molecular flexibility index (Phi) is 8.13. The van der Waals surface area contributed by atoms with Crippen molar-refractivity contribution >= 4 is 51.9 Å². The fraction of sp³-hybridized carbons (Fsp3) is 0.136. The average Bonchev–Trinajstić information content (AvgIpc) is 2.80. The number of hydrazone groups is 1. The third-order valence-corrected chi connectivity index (χ3v) is 5.09. The van der Waals surface area contributed by atoms with Crippen LogP contribution in [0.15, 0.2) is 59.8 Å². The summed E-state index contributed by atoms with van der Waals surface area (Å²) in [7, 11) is 1.50. The molecule has 0 saturated carbocycles. The summed E-state index contributed by atoms with van der Waals surface area (Å²) < 4.78 is 11.8. The normalized spacial score (nSPS) is 10.6. The highest BCUT2D eigenvalue weighted by atomic mass is 127. The van der Waals surface area contributed by atoms with Crippen LogP contribution in [0.4, 0.5) is 17.2 Å². The second-order valence-corrected chi connectivity index (χ2v) is 7.93. The summed E-state index contributed by atoms with van der Waals surface area (Å²) in [4.78, 5) is 26.3. The molecule has 1 heterocycles. The molecule has 10 nitrogen and oxygen atoms in total. The van der Waals surface area contributed by atoms with Crippen LogP contribution in [-0.2, 0) is 4.79 Å². The third-order valence-electron chi connectivity index (χ3n) is 4.29. The van der Waals surface area contributed by atoms with Crippen molar-refractivity contribution in [2.75, 3.05) is 24.5 Å². The van der Waals surface area contributed by atoms with Crippen molar-refractivity contribution in [1.29, 1.82) is 0 Å². The zero-order valence-corrected chi connectivity index (χ0v) is 19.9. The number of pyridine rings is 1. The second kappa shape index (κ2) is 11.2. The van der Waals surface area contributed by atoms with Crippen LogP contribution in [0.5, 0.6) is 11.5 Å². The molecule has 33 heavy (non-hydrogen) atoms. The maximum absolute atomic E-state index is 12.2. The van der Waals surface area contributed by atoms with E-state index < -0.39 is 4.92 Å². The monoisotopic (exact) mass is 561 g/mol. The Hall–Kier alpha value is -3.74. The SMILES string of the molecule is COc1cc(/C=N/Nc2ccc([N+](=O)[O-])cn2)cc(I)c1OCC(=O)Nc1ccc(C)cc1. The van der Waals surface area contributed by atoms with Gasteiger partial charge in [0.15, 0.2) is 18.1 Å². The number of nitro groups is 1. The second-order valence-electron chi connectivity index (χ2n) is 6.77. The topological polar surface area (TPSA) is 128 Å². The smallest absolute Gasteiger partial charge is 0.287 e. The summed E-state index contributed by atoms with van der Waals surface area (Å²) in [6.45, 7) is 1.79. The van der Waals surface area contributed by atoms with Crippen LogP contribution in [0.1, 0.15) is 11.1 Å². The van der Waals surface area contributed by atoms with E-state index in [4.69, 9.17) is 9.47 Å². The minimum atomic E-state index is -0.524. The van der Waals surface area contributed by atoms with Gasteiger partial charge in [-0.25, -0.2) is 4.98 Å². The van der Waals surface area contributed by atoms with Crippen molar-refractivity contribution in [2.45, 2.75) is 6.92 Å². The molecule has 0 aliphatic carbocycles. The Labute approximate surface area is 203 Å². The number of hydrogen-bond donors (Lipinski definition) is 2. The van der Waals surface area contributed by atoms with E-state index in [1.807, 2.05) is 37.3 Å². The minimum absolute atomic E-state index is 0.105. The van der Waals surface area contributed by atoms with Crippen LogP contribution in [-0.4, -0.2) is 35.7 Å². The molecular formula is C22H20IN5O5. The molecule has 0 aliphatic heterocycles. The van der Waals surface area contributed by atoms with Crippen molar-refractivity contribution < 1.29 is 19.2 Å². The molecule has 3 rings (SSSR count). The maximum Gasteiger partial charge on any atom is 0.287 e. The lowest BCUT2D eigenvalue weighted by Gasteiger charge is -2.13. The van der Waals surface area contributed by atoms with Gasteiger partial charge in [0.1, 0.15) is 12.0 Å². The largest absolute Gasteiger partial charge is 0.493 e. The quantitative estimate of drug-likeness (QED) is 0.172. The number of halogens is 1. The highest BCUT2D eigenvalue weighted by Crippen LogP contribution is 2.33. The van der Waals surface area contributed by atoms with Crippen molar-refractivity contribution in [2.24, 2.45) is 5.10 Å². The standard InChI is InChI=1S/C22H20IN5O5/c1-14-3-5-16(6-4-14)26-21(29)13-33-22-18(23)9-15(10-19(22)32-2)11-25-27-20-8-7-17(12-24-20)28(30)31/h3-12H,13H2,1-2H3,(H,24,27)(H,26,29)/b25-11+. The number of benzene rings is 2. The number of nitrogens with one attached hydrogen (secondary N) is 2. The molecule has 170 valence electrons. The van der Waals surface area contributed by atoms with Crippen LogP contribution in [0.2, 0.25) is 0 Å². The molecule has 0 saturated heterocycles. The minimum Gasteiger partial charge on any atom is -0.493 e. The van der Waals surface area contributed by atoms with Crippen molar-refractivity contribution in [3.05, 3.63) is 79.5 Å². The van der Waals surface area contributed by atoms with Gasteiger partial charge in [-0.3, -0.25) is 20.3 Å². The Morgan fingerprint density at radius 1 is 1.24 bits per heavy atom. The molecule has 11 heteroatoms. The lowest BCUT2D eigenvalue weighted by atomic mass is 10.2. The van der Waals surface area contributed by atoms with Gasteiger partial charge in [0, 0.05) is 11.8 Å². The predicted molar refractivity (Wildman–Crippen MR) is 133 cm³/mol. The molecule has 1 aromatic heterocycles. The molecule has 0 bridgehead atoms. The molecule has 0 unspecified atom stereocenters. The summed E-state index contributed by atoms with van der Waals surface area (Å²) in [6.07, 6.45) is 2.69. The Balaban J connectivity index is 1.62. The van der Waals surface area contributed by atoms with Gasteiger partial charge in [-0.05, 0) is 65.4 Å². The molecule has 3 aromatic rings. The number of ether oxygens (including phenoxy) is 2. The molecule has 2 N–H and O–H groups in total. The lowest BCUT2D eigenvalue weighted by Crippen LogP contribution is -2.20. The molecule has 0 atom stereocenters. The summed E-state index contributed by atoms with van der Waals surface area (Å²) >= 11 is 2.09. The van der Waals surface area contributed by atoms with E-state index in [0.29, 0.717) is 28.6 Å². The summed E-state index contributed by atoms with van der Waals surface area (Å²) in [6, 6.07) is 13.8. The molecular weight excluding hydrogens is 541 g/mol. The first-order chi connectivity index (χ1) is 15.9. The number of amides is 1. The number of carbonyl (C=O) groups excluding carboxylic acids is 1. The van der Waals surface area contributed by atoms with E-state index >= 15 is 0 Å². The van der Waals surface area contributed by atoms with Crippen LogP contribution >= 0.6 is 22.6 Å². The molecule has 0 radical (unpaired) electrons. The molecule has 2 aromatic carbocycles. The molecule has 1 amide bonds. The van der Waals surface area contributed by atoms with Crippen molar-refractivity contribution in [1.82, 2.24) is 4.98 Å². The van der Waals surface area contributed by atoms with Gasteiger partial charge < -0.3 is 14.8 Å². The van der Waals surface area contributed by atoms with E-state index in [1.54, 1.807) is 12.3 Å². The van der Waals surface area contributed by atoms with E-state index in [1.165, 1.54) is 19.2 Å². The van der Waals surface area contributed by atoms with E-state index in [0.717, 1.165) is 15.3 Å². The number of nitrogens with zero attached hydrogens (tertiary/aromatic N) is 3. The molecule has 0 spiro atoms. The summed E-state index contributed by atoms with van der Waals surface area (Å²) in [5, 5.41) is 17.5. The van der Waals surface area contributed by atoms with Gasteiger partial charge in [-0.1, -0.05) is 17.7 Å². The number of anilines is 2. The first-order valence-corrected chi connectivity index (χ1v) is 10.7. The average molecular weight is 561 g/mol. The number of carbonyl (C=O) groups is 1. The highest BCUT2D eigenvalue weighted by molar-refractivity contribution is 14.1. The maximum atomic E-state index is 12.2.